The lowest BCUT2D eigenvalue weighted by Crippen LogP contribution is -2.34. The number of amides is 1. The van der Waals surface area contributed by atoms with E-state index in [1.807, 2.05) is 0 Å². The van der Waals surface area contributed by atoms with Crippen LogP contribution in [0.4, 0.5) is 0 Å². The van der Waals surface area contributed by atoms with E-state index in [9.17, 15) is 33.0 Å². The molecule has 18 nitrogen and oxygen atoms in total. The zero-order valence-corrected chi connectivity index (χ0v) is 21.7. The number of carbonyl (C=O) groups excluding carboxylic acids is 1. The Morgan fingerprint density at radius 3 is 2.54 bits per heavy atom. The molecule has 0 saturated carbocycles. The molecule has 1 aromatic heterocycles. The predicted molar refractivity (Wildman–Crippen MR) is 121 cm³/mol. The average Bonchev–Trinajstić information content (AvgIpc) is 3.21. The minimum atomic E-state index is -5.66. The predicted octanol–water partition coefficient (Wildman–Crippen LogP) is -0.938. The molecule has 6 N–H and O–H groups in total. The zero-order chi connectivity index (χ0) is 27.9. The first-order chi connectivity index (χ1) is 17.1. The second-order valence-corrected chi connectivity index (χ2v) is 11.5. The van der Waals surface area contributed by atoms with Crippen LogP contribution in [-0.2, 0) is 41.1 Å². The lowest BCUT2D eigenvalue weighted by Gasteiger charge is -2.19. The van der Waals surface area contributed by atoms with E-state index in [1.165, 1.54) is 0 Å². The molecular formula is C16H24N3O15P3. The highest BCUT2D eigenvalue weighted by Crippen LogP contribution is 2.66. The molecule has 2 rings (SSSR count). The summed E-state index contributed by atoms with van der Waals surface area (Å²) in [4.78, 5) is 73.5. The number of ether oxygens (including phenoxy) is 2. The van der Waals surface area contributed by atoms with Crippen molar-refractivity contribution in [3.05, 3.63) is 32.6 Å². The highest BCUT2D eigenvalue weighted by molar-refractivity contribution is 7.66. The van der Waals surface area contributed by atoms with Crippen LogP contribution < -0.4 is 16.6 Å². The summed E-state index contributed by atoms with van der Waals surface area (Å²) in [6, 6.07) is 0. The van der Waals surface area contributed by atoms with E-state index < -0.39 is 59.6 Å². The molecule has 1 amide bonds. The molecule has 1 aliphatic rings. The van der Waals surface area contributed by atoms with Crippen LogP contribution in [-0.4, -0.2) is 67.5 Å². The molecule has 208 valence electrons. The smallest absolute Gasteiger partial charge is 0.372 e. The summed E-state index contributed by atoms with van der Waals surface area (Å²) < 4.78 is 57.1. The van der Waals surface area contributed by atoms with Crippen LogP contribution in [0.2, 0.25) is 0 Å². The van der Waals surface area contributed by atoms with Crippen LogP contribution in [0.15, 0.2) is 15.8 Å². The third kappa shape index (κ3) is 11.1. The van der Waals surface area contributed by atoms with Gasteiger partial charge in [-0.3, -0.25) is 23.7 Å². The third-order valence-corrected chi connectivity index (χ3v) is 8.04. The van der Waals surface area contributed by atoms with Gasteiger partial charge in [0.15, 0.2) is 0 Å². The van der Waals surface area contributed by atoms with Gasteiger partial charge in [-0.1, -0.05) is 11.8 Å². The van der Waals surface area contributed by atoms with Crippen molar-refractivity contribution in [3.63, 3.8) is 0 Å². The number of phosphoric acid groups is 3. The number of hydrogen-bond donors (Lipinski definition) is 6. The summed E-state index contributed by atoms with van der Waals surface area (Å²) in [6.45, 7) is 1.16. The van der Waals surface area contributed by atoms with Crippen molar-refractivity contribution < 1.29 is 60.7 Å². The minimum Gasteiger partial charge on any atom is -0.372 e. The first-order valence-corrected chi connectivity index (χ1v) is 14.8. The second kappa shape index (κ2) is 13.2. The number of nitrogens with one attached hydrogen (secondary N) is 2. The highest BCUT2D eigenvalue weighted by atomic mass is 31.3. The van der Waals surface area contributed by atoms with Crippen molar-refractivity contribution in [3.8, 4) is 11.8 Å². The van der Waals surface area contributed by atoms with Crippen LogP contribution in [0.5, 0.6) is 0 Å². The fourth-order valence-electron chi connectivity index (χ4n) is 2.81. The molecule has 37 heavy (non-hydrogen) atoms. The maximum absolute atomic E-state index is 12.2. The minimum absolute atomic E-state index is 0.0902. The van der Waals surface area contributed by atoms with Gasteiger partial charge in [0.2, 0.25) is 5.91 Å². The van der Waals surface area contributed by atoms with Gasteiger partial charge in [-0.15, -0.1) is 0 Å². The fourth-order valence-corrected chi connectivity index (χ4v) is 5.86. The molecular weight excluding hydrogens is 567 g/mol. The number of aromatic nitrogens is 2. The van der Waals surface area contributed by atoms with E-state index >= 15 is 0 Å². The van der Waals surface area contributed by atoms with Gasteiger partial charge in [0.25, 0.3) is 5.56 Å². The molecule has 4 atom stereocenters. The largest absolute Gasteiger partial charge is 0.490 e. The van der Waals surface area contributed by atoms with Gasteiger partial charge < -0.3 is 34.4 Å². The summed E-state index contributed by atoms with van der Waals surface area (Å²) in [5.74, 6) is 4.67. The molecule has 0 aliphatic carbocycles. The van der Waals surface area contributed by atoms with Crippen LogP contribution in [0.1, 0.15) is 31.6 Å². The van der Waals surface area contributed by atoms with Gasteiger partial charge in [-0.25, -0.2) is 18.5 Å². The van der Waals surface area contributed by atoms with Gasteiger partial charge in [-0.2, -0.15) is 8.62 Å². The van der Waals surface area contributed by atoms with Crippen LogP contribution in [0.25, 0.3) is 0 Å². The Hall–Kier alpha value is -1.96. The topological polar surface area (TPSA) is 262 Å². The third-order valence-electron chi connectivity index (χ3n) is 4.24. The number of nitrogens with zero attached hydrogens (tertiary/aromatic N) is 1. The first kappa shape index (κ1) is 31.3. The van der Waals surface area contributed by atoms with Crippen molar-refractivity contribution in [1.82, 2.24) is 14.9 Å². The molecule has 2 unspecified atom stereocenters. The summed E-state index contributed by atoms with van der Waals surface area (Å²) in [5.41, 5.74) is -1.73. The van der Waals surface area contributed by atoms with Crippen LogP contribution >= 0.6 is 23.5 Å². The van der Waals surface area contributed by atoms with Gasteiger partial charge in [0.05, 0.1) is 19.3 Å². The van der Waals surface area contributed by atoms with Gasteiger partial charge in [0, 0.05) is 12.8 Å². The first-order valence-electron chi connectivity index (χ1n) is 10.2. The normalized spacial score (nSPS) is 20.9. The molecule has 1 saturated heterocycles. The Morgan fingerprint density at radius 2 is 1.89 bits per heavy atom. The molecule has 0 radical (unpaired) electrons. The van der Waals surface area contributed by atoms with Crippen molar-refractivity contribution in [2.24, 2.45) is 0 Å². The van der Waals surface area contributed by atoms with Crippen molar-refractivity contribution >= 4 is 29.4 Å². The van der Waals surface area contributed by atoms with E-state index in [0.29, 0.717) is 6.61 Å². The van der Waals surface area contributed by atoms with Gasteiger partial charge >= 0.3 is 29.2 Å². The van der Waals surface area contributed by atoms with E-state index in [0.717, 1.165) is 10.8 Å². The maximum Gasteiger partial charge on any atom is 0.490 e. The summed E-state index contributed by atoms with van der Waals surface area (Å²) in [5, 5.41) is 2.46. The monoisotopic (exact) mass is 591 g/mol. The van der Waals surface area contributed by atoms with Gasteiger partial charge in [-0.05, 0) is 19.8 Å². The second-order valence-electron chi connectivity index (χ2n) is 7.10. The van der Waals surface area contributed by atoms with E-state index in [2.05, 4.69) is 35.3 Å². The Morgan fingerprint density at radius 1 is 1.19 bits per heavy atom. The molecule has 0 bridgehead atoms. The molecule has 1 aliphatic heterocycles. The number of H-pyrrole nitrogens is 1. The Kier molecular flexibility index (Phi) is 11.2. The van der Waals surface area contributed by atoms with Crippen LogP contribution in [0, 0.1) is 11.8 Å². The Balaban J connectivity index is 1.99. The number of aromatic amines is 1. The van der Waals surface area contributed by atoms with E-state index in [1.54, 1.807) is 6.92 Å². The molecule has 0 aromatic carbocycles. The summed E-state index contributed by atoms with van der Waals surface area (Å²) in [6.07, 6.45) is -0.407. The standard InChI is InChI=1S/C16H24N3O15P3/c1-2-30-10-13(20)17-7-3-4-11-8-19(16(22)18-15(11)21)14-6-5-12(32-14)9-31-36(26,27)34-37(28,29)33-35(23,24)25/h8,12,14H,2,5-7,9-10H2,1H3,(H,17,20)(H,26,27)(H,28,29)(H,18,21,22)(H2,23,24,25)/t12-,14+/m0/s1. The van der Waals surface area contributed by atoms with Crippen molar-refractivity contribution in [1.29, 1.82) is 0 Å². The molecule has 1 fully saturated rings. The lowest BCUT2D eigenvalue weighted by atomic mass is 10.2. The van der Waals surface area contributed by atoms with Gasteiger partial charge in [0.1, 0.15) is 18.4 Å². The Labute approximate surface area is 208 Å². The summed E-state index contributed by atoms with van der Waals surface area (Å²) >= 11 is 0. The van der Waals surface area contributed by atoms with E-state index in [4.69, 9.17) is 24.2 Å². The molecule has 21 heteroatoms. The lowest BCUT2D eigenvalue weighted by molar-refractivity contribution is -0.125. The molecule has 1 aromatic rings. The molecule has 0 spiro atoms. The SMILES string of the molecule is CCOCC(=O)NCC#Cc1cn([C@H]2CC[C@@H](COP(=O)(O)OP(=O)(O)OP(=O)(O)O)O2)c(=O)[nH]c1=O. The number of hydrogen-bond acceptors (Lipinski definition) is 11. The number of carbonyl (C=O) groups is 1. The van der Waals surface area contributed by atoms with Crippen LogP contribution in [0.3, 0.4) is 0 Å². The fraction of sp³-hybridized carbons (Fsp3) is 0.562. The summed E-state index contributed by atoms with van der Waals surface area (Å²) in [7, 11) is -16.5. The molecule has 2 heterocycles. The van der Waals surface area contributed by atoms with E-state index in [-0.39, 0.29) is 31.6 Å². The number of phosphoric ester groups is 1. The van der Waals surface area contributed by atoms with Crippen molar-refractivity contribution in [2.75, 3.05) is 26.4 Å². The average molecular weight is 591 g/mol. The quantitative estimate of drug-likeness (QED) is 0.127. The van der Waals surface area contributed by atoms with Crippen molar-refractivity contribution in [2.45, 2.75) is 32.1 Å². The maximum atomic E-state index is 12.2. The number of rotatable bonds is 12. The Bertz CT molecular complexity index is 1290. The zero-order valence-electron chi connectivity index (χ0n) is 19.0. The highest BCUT2D eigenvalue weighted by Gasteiger charge is 2.41.